The van der Waals surface area contributed by atoms with Crippen molar-refractivity contribution in [3.8, 4) is 11.5 Å². The number of fused-ring (bicyclic) bond motifs is 1. The number of carboxylic acid groups (broad SMARTS) is 1. The van der Waals surface area contributed by atoms with Gasteiger partial charge in [0.25, 0.3) is 0 Å². The molecule has 24 heavy (non-hydrogen) atoms. The molecule has 0 heterocycles. The normalized spacial score (nSPS) is 10.5. The molecule has 4 nitrogen and oxygen atoms in total. The molecule has 3 aromatic carbocycles. The van der Waals surface area contributed by atoms with Gasteiger partial charge in [0, 0.05) is 0 Å². The fraction of sp³-hybridized carbons (Fsp3) is 0.150. The number of carboxylic acids is 1. The number of hydrogen-bond donors (Lipinski definition) is 1. The van der Waals surface area contributed by atoms with E-state index in [0.717, 1.165) is 16.3 Å². The summed E-state index contributed by atoms with van der Waals surface area (Å²) in [7, 11) is 0. The summed E-state index contributed by atoms with van der Waals surface area (Å²) in [4.78, 5) is 11.1. The van der Waals surface area contributed by atoms with Crippen molar-refractivity contribution in [2.24, 2.45) is 0 Å². The summed E-state index contributed by atoms with van der Waals surface area (Å²) in [6.45, 7) is 2.67. The van der Waals surface area contributed by atoms with E-state index in [1.165, 1.54) is 12.1 Å². The van der Waals surface area contributed by atoms with E-state index < -0.39 is 5.97 Å². The number of benzene rings is 3. The van der Waals surface area contributed by atoms with E-state index in [9.17, 15) is 4.79 Å². The second kappa shape index (κ2) is 7.04. The number of aromatic carboxylic acids is 1. The molecular formula is C20H18O4. The zero-order valence-corrected chi connectivity index (χ0v) is 13.4. The van der Waals surface area contributed by atoms with Gasteiger partial charge in [0.05, 0.1) is 12.2 Å². The van der Waals surface area contributed by atoms with E-state index in [-0.39, 0.29) is 5.56 Å². The van der Waals surface area contributed by atoms with Crippen LogP contribution in [0.3, 0.4) is 0 Å². The molecule has 0 amide bonds. The van der Waals surface area contributed by atoms with Crippen molar-refractivity contribution in [3.63, 3.8) is 0 Å². The van der Waals surface area contributed by atoms with Crippen LogP contribution in [0.25, 0.3) is 10.8 Å². The Kier molecular flexibility index (Phi) is 4.66. The smallest absolute Gasteiger partial charge is 0.335 e. The Hall–Kier alpha value is -3.01. The Labute approximate surface area is 140 Å². The molecule has 0 fully saturated rings. The highest BCUT2D eigenvalue weighted by atomic mass is 16.5. The minimum absolute atomic E-state index is 0.177. The molecule has 0 bridgehead atoms. The predicted octanol–water partition coefficient (Wildman–Crippen LogP) is 4.52. The van der Waals surface area contributed by atoms with Crippen LogP contribution in [0, 0.1) is 0 Å². The van der Waals surface area contributed by atoms with Gasteiger partial charge in [-0.05, 0) is 41.5 Å². The topological polar surface area (TPSA) is 55.8 Å². The standard InChI is InChI=1S/C20H18O4/c1-2-23-19-12-15(20(21)22)10-11-18(19)24-13-16-8-5-7-14-6-3-4-9-17(14)16/h3-12H,2,13H2,1H3,(H,21,22). The Morgan fingerprint density at radius 3 is 2.54 bits per heavy atom. The second-order valence-electron chi connectivity index (χ2n) is 5.33. The molecule has 0 saturated heterocycles. The van der Waals surface area contributed by atoms with Crippen molar-refractivity contribution in [1.82, 2.24) is 0 Å². The fourth-order valence-corrected chi connectivity index (χ4v) is 2.60. The second-order valence-corrected chi connectivity index (χ2v) is 5.33. The van der Waals surface area contributed by atoms with E-state index in [1.807, 2.05) is 31.2 Å². The maximum Gasteiger partial charge on any atom is 0.335 e. The van der Waals surface area contributed by atoms with Gasteiger partial charge < -0.3 is 14.6 Å². The highest BCUT2D eigenvalue weighted by Gasteiger charge is 2.11. The van der Waals surface area contributed by atoms with Crippen molar-refractivity contribution in [2.45, 2.75) is 13.5 Å². The van der Waals surface area contributed by atoms with Crippen molar-refractivity contribution in [1.29, 1.82) is 0 Å². The molecule has 1 N–H and O–H groups in total. The Morgan fingerprint density at radius 2 is 1.75 bits per heavy atom. The van der Waals surface area contributed by atoms with Gasteiger partial charge in [-0.1, -0.05) is 42.5 Å². The summed E-state index contributed by atoms with van der Waals surface area (Å²) >= 11 is 0. The lowest BCUT2D eigenvalue weighted by molar-refractivity contribution is 0.0696. The molecule has 0 radical (unpaired) electrons. The lowest BCUT2D eigenvalue weighted by Gasteiger charge is -2.13. The van der Waals surface area contributed by atoms with Crippen LogP contribution >= 0.6 is 0 Å². The van der Waals surface area contributed by atoms with Gasteiger partial charge in [-0.25, -0.2) is 4.79 Å². The monoisotopic (exact) mass is 322 g/mol. The largest absolute Gasteiger partial charge is 0.490 e. The van der Waals surface area contributed by atoms with Crippen molar-refractivity contribution in [3.05, 3.63) is 71.8 Å². The Balaban J connectivity index is 1.86. The average Bonchev–Trinajstić information content (AvgIpc) is 2.60. The molecule has 3 rings (SSSR count). The van der Waals surface area contributed by atoms with Gasteiger partial charge >= 0.3 is 5.97 Å². The average molecular weight is 322 g/mol. The van der Waals surface area contributed by atoms with E-state index in [2.05, 4.69) is 18.2 Å². The van der Waals surface area contributed by atoms with Crippen LogP contribution in [-0.4, -0.2) is 17.7 Å². The molecule has 0 spiro atoms. The number of rotatable bonds is 6. The zero-order valence-electron chi connectivity index (χ0n) is 13.4. The first-order valence-electron chi connectivity index (χ1n) is 7.78. The first kappa shape index (κ1) is 15.9. The number of ether oxygens (including phenoxy) is 2. The van der Waals surface area contributed by atoms with Gasteiger partial charge in [-0.3, -0.25) is 0 Å². The summed E-state index contributed by atoms with van der Waals surface area (Å²) in [6.07, 6.45) is 0. The van der Waals surface area contributed by atoms with Crippen molar-refractivity contribution < 1.29 is 19.4 Å². The van der Waals surface area contributed by atoms with Crippen molar-refractivity contribution in [2.75, 3.05) is 6.61 Å². The first-order chi connectivity index (χ1) is 11.7. The third-order valence-corrected chi connectivity index (χ3v) is 3.75. The minimum Gasteiger partial charge on any atom is -0.490 e. The molecule has 3 aromatic rings. The van der Waals surface area contributed by atoms with Gasteiger partial charge in [-0.15, -0.1) is 0 Å². The fourth-order valence-electron chi connectivity index (χ4n) is 2.60. The molecule has 0 aliphatic heterocycles. The number of hydrogen-bond acceptors (Lipinski definition) is 3. The van der Waals surface area contributed by atoms with E-state index in [0.29, 0.717) is 24.7 Å². The van der Waals surface area contributed by atoms with Gasteiger partial charge in [0.1, 0.15) is 6.61 Å². The maximum atomic E-state index is 11.1. The molecule has 0 saturated carbocycles. The predicted molar refractivity (Wildman–Crippen MR) is 92.9 cm³/mol. The molecule has 0 unspecified atom stereocenters. The summed E-state index contributed by atoms with van der Waals surface area (Å²) in [5.41, 5.74) is 1.24. The number of carbonyl (C=O) groups is 1. The van der Waals surface area contributed by atoms with Crippen LogP contribution in [0.5, 0.6) is 11.5 Å². The molecular weight excluding hydrogens is 304 g/mol. The van der Waals surface area contributed by atoms with E-state index in [4.69, 9.17) is 14.6 Å². The molecule has 0 atom stereocenters. The van der Waals surface area contributed by atoms with Crippen LogP contribution in [0.15, 0.2) is 60.7 Å². The molecule has 122 valence electrons. The molecule has 0 aromatic heterocycles. The summed E-state index contributed by atoms with van der Waals surface area (Å²) in [5.74, 6) is -0.0102. The van der Waals surface area contributed by atoms with Gasteiger partial charge in [0.15, 0.2) is 11.5 Å². The van der Waals surface area contributed by atoms with Crippen LogP contribution in [0.4, 0.5) is 0 Å². The highest BCUT2D eigenvalue weighted by molar-refractivity contribution is 5.88. The molecule has 0 aliphatic rings. The minimum atomic E-state index is -0.989. The van der Waals surface area contributed by atoms with Crippen molar-refractivity contribution >= 4 is 16.7 Å². The highest BCUT2D eigenvalue weighted by Crippen LogP contribution is 2.30. The zero-order chi connectivity index (χ0) is 16.9. The van der Waals surface area contributed by atoms with Crippen LogP contribution in [0.2, 0.25) is 0 Å². The van der Waals surface area contributed by atoms with Gasteiger partial charge in [0.2, 0.25) is 0 Å². The third-order valence-electron chi connectivity index (χ3n) is 3.75. The Morgan fingerprint density at radius 1 is 0.958 bits per heavy atom. The van der Waals surface area contributed by atoms with E-state index >= 15 is 0 Å². The van der Waals surface area contributed by atoms with Crippen LogP contribution in [0.1, 0.15) is 22.8 Å². The molecule has 0 aliphatic carbocycles. The quantitative estimate of drug-likeness (QED) is 0.725. The lowest BCUT2D eigenvalue weighted by Crippen LogP contribution is -2.03. The SMILES string of the molecule is CCOc1cc(C(=O)O)ccc1OCc1cccc2ccccc12. The lowest BCUT2D eigenvalue weighted by atomic mass is 10.1. The maximum absolute atomic E-state index is 11.1. The Bertz CT molecular complexity index is 865. The van der Waals surface area contributed by atoms with E-state index in [1.54, 1.807) is 6.07 Å². The van der Waals surface area contributed by atoms with Crippen LogP contribution in [-0.2, 0) is 6.61 Å². The third kappa shape index (κ3) is 3.33. The first-order valence-corrected chi connectivity index (χ1v) is 7.78. The summed E-state index contributed by atoms with van der Waals surface area (Å²) in [6, 6.07) is 18.9. The molecule has 4 heteroatoms. The summed E-state index contributed by atoms with van der Waals surface area (Å²) in [5, 5.41) is 11.4. The van der Waals surface area contributed by atoms with Gasteiger partial charge in [-0.2, -0.15) is 0 Å². The summed E-state index contributed by atoms with van der Waals surface area (Å²) < 4.78 is 11.4. The van der Waals surface area contributed by atoms with Crippen LogP contribution < -0.4 is 9.47 Å².